The molecule has 122 valence electrons. The van der Waals surface area contributed by atoms with Crippen LogP contribution in [-0.2, 0) is 14.8 Å². The summed E-state index contributed by atoms with van der Waals surface area (Å²) in [7, 11) is 0.426. The molecule has 2 unspecified atom stereocenters. The standard InChI is InChI=1S/C17H20N2O3S/c1-18(2)14-7-3-6-13-12(14)5-4-8-17(13)23(20,21)19-9-10-22-16-11-15(16)19/h3-8,15-16H,9-11H2,1-2H3. The van der Waals surface area contributed by atoms with Crippen LogP contribution in [0.15, 0.2) is 41.3 Å². The Morgan fingerprint density at radius 3 is 2.65 bits per heavy atom. The molecular formula is C17H20N2O3S. The minimum Gasteiger partial charge on any atom is -0.377 e. The second kappa shape index (κ2) is 5.19. The van der Waals surface area contributed by atoms with E-state index in [-0.39, 0.29) is 12.1 Å². The summed E-state index contributed by atoms with van der Waals surface area (Å²) >= 11 is 0. The van der Waals surface area contributed by atoms with Crippen LogP contribution in [0, 0.1) is 0 Å². The van der Waals surface area contributed by atoms with Gasteiger partial charge in [0.15, 0.2) is 0 Å². The lowest BCUT2D eigenvalue weighted by atomic mass is 10.1. The van der Waals surface area contributed by atoms with Gasteiger partial charge in [-0.15, -0.1) is 0 Å². The summed E-state index contributed by atoms with van der Waals surface area (Å²) in [4.78, 5) is 2.40. The van der Waals surface area contributed by atoms with Crippen molar-refractivity contribution in [3.05, 3.63) is 36.4 Å². The first-order valence-corrected chi connectivity index (χ1v) is 9.26. The van der Waals surface area contributed by atoms with Crippen LogP contribution in [-0.4, -0.2) is 52.1 Å². The Morgan fingerprint density at radius 2 is 1.87 bits per heavy atom. The van der Waals surface area contributed by atoms with Crippen LogP contribution in [0.4, 0.5) is 5.69 Å². The number of fused-ring (bicyclic) bond motifs is 2. The Labute approximate surface area is 136 Å². The van der Waals surface area contributed by atoms with Crippen molar-refractivity contribution in [1.29, 1.82) is 0 Å². The largest absolute Gasteiger partial charge is 0.377 e. The van der Waals surface area contributed by atoms with E-state index in [2.05, 4.69) is 0 Å². The third-order valence-corrected chi connectivity index (χ3v) is 6.62. The van der Waals surface area contributed by atoms with E-state index in [1.54, 1.807) is 10.4 Å². The predicted octanol–water partition coefficient (Wildman–Crippen LogP) is 2.07. The van der Waals surface area contributed by atoms with Gasteiger partial charge in [0.25, 0.3) is 0 Å². The number of morpholine rings is 1. The molecule has 1 aliphatic heterocycles. The van der Waals surface area contributed by atoms with Crippen molar-refractivity contribution in [2.45, 2.75) is 23.5 Å². The van der Waals surface area contributed by atoms with Crippen molar-refractivity contribution >= 4 is 26.5 Å². The molecule has 1 heterocycles. The zero-order valence-corrected chi connectivity index (χ0v) is 14.1. The van der Waals surface area contributed by atoms with Crippen LogP contribution < -0.4 is 4.90 Å². The van der Waals surface area contributed by atoms with Crippen LogP contribution in [0.25, 0.3) is 10.8 Å². The molecule has 2 aromatic carbocycles. The van der Waals surface area contributed by atoms with Crippen molar-refractivity contribution in [2.75, 3.05) is 32.1 Å². The average Bonchev–Trinajstić information content (AvgIpc) is 3.32. The molecule has 2 fully saturated rings. The normalized spacial score (nSPS) is 24.4. The Bertz CT molecular complexity index is 863. The number of sulfonamides is 1. The van der Waals surface area contributed by atoms with Gasteiger partial charge in [-0.05, 0) is 18.6 Å². The van der Waals surface area contributed by atoms with Crippen LogP contribution in [0.2, 0.25) is 0 Å². The van der Waals surface area contributed by atoms with Gasteiger partial charge in [-0.3, -0.25) is 0 Å². The molecule has 1 saturated heterocycles. The fourth-order valence-electron chi connectivity index (χ4n) is 3.41. The zero-order valence-electron chi connectivity index (χ0n) is 13.3. The predicted molar refractivity (Wildman–Crippen MR) is 90.3 cm³/mol. The van der Waals surface area contributed by atoms with Gasteiger partial charge in [-0.2, -0.15) is 4.31 Å². The summed E-state index contributed by atoms with van der Waals surface area (Å²) in [5, 5.41) is 1.74. The SMILES string of the molecule is CN(C)c1cccc2c(S(=O)(=O)N3CCOC4CC43)cccc12. The number of hydrogen-bond acceptors (Lipinski definition) is 4. The summed E-state index contributed by atoms with van der Waals surface area (Å²) in [5.41, 5.74) is 1.02. The van der Waals surface area contributed by atoms with Gasteiger partial charge in [0, 0.05) is 37.1 Å². The van der Waals surface area contributed by atoms with Gasteiger partial charge >= 0.3 is 0 Å². The first kappa shape index (κ1) is 14.9. The molecule has 5 nitrogen and oxygen atoms in total. The number of benzene rings is 2. The highest BCUT2D eigenvalue weighted by Gasteiger charge is 2.50. The van der Waals surface area contributed by atoms with Gasteiger partial charge in [0.1, 0.15) is 0 Å². The highest BCUT2D eigenvalue weighted by molar-refractivity contribution is 7.89. The second-order valence-electron chi connectivity index (χ2n) is 6.35. The van der Waals surface area contributed by atoms with Crippen molar-refractivity contribution in [1.82, 2.24) is 4.31 Å². The van der Waals surface area contributed by atoms with E-state index in [1.165, 1.54) is 0 Å². The van der Waals surface area contributed by atoms with E-state index in [0.29, 0.717) is 18.0 Å². The molecule has 6 heteroatoms. The maximum atomic E-state index is 13.2. The van der Waals surface area contributed by atoms with Crippen molar-refractivity contribution in [3.8, 4) is 0 Å². The van der Waals surface area contributed by atoms with Crippen molar-refractivity contribution < 1.29 is 13.2 Å². The third-order valence-electron chi connectivity index (χ3n) is 4.64. The molecule has 0 N–H and O–H groups in total. The number of hydrogen-bond donors (Lipinski definition) is 0. The van der Waals surface area contributed by atoms with Crippen molar-refractivity contribution in [2.24, 2.45) is 0 Å². The quantitative estimate of drug-likeness (QED) is 0.863. The molecule has 1 aliphatic carbocycles. The van der Waals surface area contributed by atoms with Crippen LogP contribution in [0.1, 0.15) is 6.42 Å². The first-order valence-electron chi connectivity index (χ1n) is 7.82. The van der Waals surface area contributed by atoms with Crippen LogP contribution in [0.5, 0.6) is 0 Å². The highest BCUT2D eigenvalue weighted by Crippen LogP contribution is 2.39. The molecule has 2 aromatic rings. The summed E-state index contributed by atoms with van der Waals surface area (Å²) in [6, 6.07) is 11.3. The van der Waals surface area contributed by atoms with E-state index < -0.39 is 10.0 Å². The molecule has 4 rings (SSSR count). The molecule has 0 aromatic heterocycles. The Balaban J connectivity index is 1.87. The lowest BCUT2D eigenvalue weighted by Gasteiger charge is -2.26. The lowest BCUT2D eigenvalue weighted by Crippen LogP contribution is -2.41. The molecular weight excluding hydrogens is 312 g/mol. The monoisotopic (exact) mass is 332 g/mol. The summed E-state index contributed by atoms with van der Waals surface area (Å²) in [6.45, 7) is 0.918. The summed E-state index contributed by atoms with van der Waals surface area (Å²) < 4.78 is 33.5. The molecule has 2 atom stereocenters. The maximum Gasteiger partial charge on any atom is 0.244 e. The lowest BCUT2D eigenvalue weighted by molar-refractivity contribution is 0.0624. The Kier molecular flexibility index (Phi) is 3.37. The topological polar surface area (TPSA) is 49.9 Å². The summed E-state index contributed by atoms with van der Waals surface area (Å²) in [6.07, 6.45) is 0.901. The molecule has 1 saturated carbocycles. The van der Waals surface area contributed by atoms with Crippen LogP contribution >= 0.6 is 0 Å². The van der Waals surface area contributed by atoms with E-state index >= 15 is 0 Å². The molecule has 0 radical (unpaired) electrons. The number of nitrogens with zero attached hydrogens (tertiary/aromatic N) is 2. The average molecular weight is 332 g/mol. The Morgan fingerprint density at radius 1 is 1.13 bits per heavy atom. The van der Waals surface area contributed by atoms with E-state index in [9.17, 15) is 8.42 Å². The molecule has 0 amide bonds. The summed E-state index contributed by atoms with van der Waals surface area (Å²) in [5.74, 6) is 0. The fraction of sp³-hybridized carbons (Fsp3) is 0.412. The Hall–Kier alpha value is -1.63. The smallest absolute Gasteiger partial charge is 0.244 e. The van der Waals surface area contributed by atoms with Gasteiger partial charge in [0.2, 0.25) is 10.0 Å². The molecule has 0 bridgehead atoms. The van der Waals surface area contributed by atoms with E-state index in [0.717, 1.165) is 22.9 Å². The van der Waals surface area contributed by atoms with Gasteiger partial charge in [-0.1, -0.05) is 24.3 Å². The van der Waals surface area contributed by atoms with Crippen LogP contribution in [0.3, 0.4) is 0 Å². The third kappa shape index (κ3) is 2.33. The van der Waals surface area contributed by atoms with E-state index in [4.69, 9.17) is 4.74 Å². The number of anilines is 1. The first-order chi connectivity index (χ1) is 11.0. The maximum absolute atomic E-state index is 13.2. The highest BCUT2D eigenvalue weighted by atomic mass is 32.2. The van der Waals surface area contributed by atoms with Crippen molar-refractivity contribution in [3.63, 3.8) is 0 Å². The van der Waals surface area contributed by atoms with Gasteiger partial charge < -0.3 is 9.64 Å². The molecule has 23 heavy (non-hydrogen) atoms. The second-order valence-corrected chi connectivity index (χ2v) is 8.21. The van der Waals surface area contributed by atoms with Gasteiger partial charge in [-0.25, -0.2) is 8.42 Å². The molecule has 2 aliphatic rings. The number of ether oxygens (including phenoxy) is 1. The fourth-order valence-corrected chi connectivity index (χ4v) is 5.26. The minimum absolute atomic E-state index is 0.0148. The van der Waals surface area contributed by atoms with Gasteiger partial charge in [0.05, 0.1) is 23.6 Å². The van der Waals surface area contributed by atoms with E-state index in [1.807, 2.05) is 49.3 Å². The molecule has 0 spiro atoms. The number of rotatable bonds is 3. The zero-order chi connectivity index (χ0) is 16.2. The minimum atomic E-state index is -3.50.